The first kappa shape index (κ1) is 17.2. The zero-order valence-corrected chi connectivity index (χ0v) is 14.4. The van der Waals surface area contributed by atoms with Gasteiger partial charge in [-0.1, -0.05) is 37.6 Å². The van der Waals surface area contributed by atoms with Crippen molar-refractivity contribution < 1.29 is 13.2 Å². The predicted molar refractivity (Wildman–Crippen MR) is 86.2 cm³/mol. The van der Waals surface area contributed by atoms with Crippen molar-refractivity contribution in [3.63, 3.8) is 0 Å². The summed E-state index contributed by atoms with van der Waals surface area (Å²) in [5.41, 5.74) is 0. The van der Waals surface area contributed by atoms with Crippen molar-refractivity contribution in [2.45, 2.75) is 25.2 Å². The summed E-state index contributed by atoms with van der Waals surface area (Å²) in [7, 11) is -3.62. The third-order valence-corrected chi connectivity index (χ3v) is 6.11. The minimum atomic E-state index is -3.62. The number of rotatable bonds is 3. The summed E-state index contributed by atoms with van der Waals surface area (Å²) in [6, 6.07) is 6.44. The first-order valence-electron chi connectivity index (χ1n) is 7.37. The molecule has 1 aromatic rings. The molecular formula is C15H21ClN2O3S. The van der Waals surface area contributed by atoms with Crippen LogP contribution in [0.25, 0.3) is 0 Å². The number of benzene rings is 1. The molecule has 0 aliphatic carbocycles. The second-order valence-electron chi connectivity index (χ2n) is 5.67. The van der Waals surface area contributed by atoms with E-state index in [4.69, 9.17) is 11.6 Å². The Kier molecular flexibility index (Phi) is 5.47. The molecule has 1 aliphatic heterocycles. The van der Waals surface area contributed by atoms with Gasteiger partial charge < -0.3 is 4.90 Å². The van der Waals surface area contributed by atoms with Gasteiger partial charge in [0, 0.05) is 32.1 Å². The van der Waals surface area contributed by atoms with Crippen LogP contribution in [-0.4, -0.2) is 49.7 Å². The highest BCUT2D eigenvalue weighted by molar-refractivity contribution is 7.89. The Morgan fingerprint density at radius 2 is 1.82 bits per heavy atom. The van der Waals surface area contributed by atoms with Crippen molar-refractivity contribution in [3.05, 3.63) is 29.3 Å². The molecule has 7 heteroatoms. The number of halogens is 1. The topological polar surface area (TPSA) is 57.7 Å². The third-order valence-electron chi connectivity index (χ3n) is 3.71. The van der Waals surface area contributed by atoms with Gasteiger partial charge >= 0.3 is 0 Å². The molecule has 1 heterocycles. The molecule has 5 nitrogen and oxygen atoms in total. The minimum absolute atomic E-state index is 0.0667. The molecule has 0 N–H and O–H groups in total. The monoisotopic (exact) mass is 344 g/mol. The van der Waals surface area contributed by atoms with Crippen LogP contribution in [0.3, 0.4) is 0 Å². The van der Waals surface area contributed by atoms with Gasteiger partial charge in [-0.15, -0.1) is 0 Å². The molecular weight excluding hydrogens is 324 g/mol. The summed E-state index contributed by atoms with van der Waals surface area (Å²) >= 11 is 6.02. The number of hydrogen-bond acceptors (Lipinski definition) is 3. The van der Waals surface area contributed by atoms with Crippen LogP contribution in [-0.2, 0) is 14.8 Å². The SMILES string of the molecule is CC(C)C(=O)N1CCCN(S(=O)(=O)c2ccccc2Cl)CC1. The largest absolute Gasteiger partial charge is 0.341 e. The first-order chi connectivity index (χ1) is 10.3. The van der Waals surface area contributed by atoms with Crippen LogP contribution in [0.5, 0.6) is 0 Å². The van der Waals surface area contributed by atoms with Crippen molar-refractivity contribution in [2.24, 2.45) is 5.92 Å². The van der Waals surface area contributed by atoms with Crippen molar-refractivity contribution in [1.82, 2.24) is 9.21 Å². The van der Waals surface area contributed by atoms with Gasteiger partial charge in [0.25, 0.3) is 0 Å². The number of sulfonamides is 1. The van der Waals surface area contributed by atoms with E-state index in [1.807, 2.05) is 13.8 Å². The van der Waals surface area contributed by atoms with Gasteiger partial charge in [-0.25, -0.2) is 8.42 Å². The van der Waals surface area contributed by atoms with Crippen molar-refractivity contribution in [1.29, 1.82) is 0 Å². The number of carbonyl (C=O) groups is 1. The molecule has 0 spiro atoms. The fourth-order valence-corrected chi connectivity index (χ4v) is 4.48. The fourth-order valence-electron chi connectivity index (χ4n) is 2.51. The van der Waals surface area contributed by atoms with E-state index in [1.54, 1.807) is 23.1 Å². The van der Waals surface area contributed by atoms with Crippen LogP contribution >= 0.6 is 11.6 Å². The fraction of sp³-hybridized carbons (Fsp3) is 0.533. The molecule has 1 aromatic carbocycles. The Labute approximate surface area is 136 Å². The summed E-state index contributed by atoms with van der Waals surface area (Å²) in [6.07, 6.45) is 0.627. The van der Waals surface area contributed by atoms with Gasteiger partial charge in [0.05, 0.1) is 5.02 Å². The number of hydrogen-bond donors (Lipinski definition) is 0. The number of carbonyl (C=O) groups excluding carboxylic acids is 1. The van der Waals surface area contributed by atoms with E-state index in [0.717, 1.165) is 0 Å². The molecule has 1 aliphatic rings. The standard InChI is InChI=1S/C15H21ClN2O3S/c1-12(2)15(19)17-8-5-9-18(11-10-17)22(20,21)14-7-4-3-6-13(14)16/h3-4,6-7,12H,5,8-11H2,1-2H3. The van der Waals surface area contributed by atoms with Crippen molar-refractivity contribution in [3.8, 4) is 0 Å². The maximum Gasteiger partial charge on any atom is 0.244 e. The average molecular weight is 345 g/mol. The normalized spacial score (nSPS) is 17.5. The molecule has 1 amide bonds. The van der Waals surface area contributed by atoms with Crippen LogP contribution in [0.2, 0.25) is 5.02 Å². The van der Waals surface area contributed by atoms with Crippen LogP contribution in [0.15, 0.2) is 29.2 Å². The van der Waals surface area contributed by atoms with E-state index in [2.05, 4.69) is 0 Å². The lowest BCUT2D eigenvalue weighted by Gasteiger charge is -2.23. The minimum Gasteiger partial charge on any atom is -0.341 e. The molecule has 0 radical (unpaired) electrons. The first-order valence-corrected chi connectivity index (χ1v) is 9.19. The van der Waals surface area contributed by atoms with Gasteiger partial charge in [-0.05, 0) is 18.6 Å². The van der Waals surface area contributed by atoms with Gasteiger partial charge in [-0.3, -0.25) is 4.79 Å². The zero-order chi connectivity index (χ0) is 16.3. The van der Waals surface area contributed by atoms with Gasteiger partial charge in [0.2, 0.25) is 15.9 Å². The summed E-state index contributed by atoms with van der Waals surface area (Å²) in [5.74, 6) is -0.0104. The lowest BCUT2D eigenvalue weighted by molar-refractivity contribution is -0.134. The molecule has 122 valence electrons. The second kappa shape index (κ2) is 6.98. The van der Waals surface area contributed by atoms with E-state index < -0.39 is 10.0 Å². The Morgan fingerprint density at radius 1 is 1.14 bits per heavy atom. The molecule has 0 bridgehead atoms. The van der Waals surface area contributed by atoms with Gasteiger partial charge in [0.15, 0.2) is 0 Å². The van der Waals surface area contributed by atoms with E-state index in [9.17, 15) is 13.2 Å². The summed E-state index contributed by atoms with van der Waals surface area (Å²) in [5, 5.41) is 0.224. The van der Waals surface area contributed by atoms with Crippen LogP contribution in [0.1, 0.15) is 20.3 Å². The molecule has 0 aromatic heterocycles. The van der Waals surface area contributed by atoms with E-state index in [1.165, 1.54) is 10.4 Å². The van der Waals surface area contributed by atoms with Crippen molar-refractivity contribution in [2.75, 3.05) is 26.2 Å². The molecule has 22 heavy (non-hydrogen) atoms. The molecule has 0 saturated carbocycles. The van der Waals surface area contributed by atoms with Gasteiger partial charge in [-0.2, -0.15) is 4.31 Å². The molecule has 0 atom stereocenters. The van der Waals surface area contributed by atoms with Gasteiger partial charge in [0.1, 0.15) is 4.90 Å². The van der Waals surface area contributed by atoms with Crippen LogP contribution in [0, 0.1) is 5.92 Å². The summed E-state index contributed by atoms with van der Waals surface area (Å²) in [6.45, 7) is 5.41. The number of amides is 1. The van der Waals surface area contributed by atoms with E-state index >= 15 is 0 Å². The van der Waals surface area contributed by atoms with Crippen LogP contribution in [0.4, 0.5) is 0 Å². The lowest BCUT2D eigenvalue weighted by Crippen LogP contribution is -2.39. The maximum absolute atomic E-state index is 12.7. The predicted octanol–water partition coefficient (Wildman–Crippen LogP) is 2.22. The quantitative estimate of drug-likeness (QED) is 0.844. The highest BCUT2D eigenvalue weighted by atomic mass is 35.5. The highest BCUT2D eigenvalue weighted by Crippen LogP contribution is 2.25. The Morgan fingerprint density at radius 3 is 2.45 bits per heavy atom. The zero-order valence-electron chi connectivity index (χ0n) is 12.8. The van der Waals surface area contributed by atoms with Crippen LogP contribution < -0.4 is 0 Å². The average Bonchev–Trinajstić information content (AvgIpc) is 2.73. The molecule has 0 unspecified atom stereocenters. The molecule has 1 fully saturated rings. The Hall–Kier alpha value is -1.11. The number of nitrogens with zero attached hydrogens (tertiary/aromatic N) is 2. The Bertz CT molecular complexity index is 646. The molecule has 1 saturated heterocycles. The summed E-state index contributed by atoms with van der Waals surface area (Å²) < 4.78 is 26.8. The Balaban J connectivity index is 2.17. The lowest BCUT2D eigenvalue weighted by atomic mass is 10.2. The highest BCUT2D eigenvalue weighted by Gasteiger charge is 2.29. The van der Waals surface area contributed by atoms with Crippen molar-refractivity contribution >= 4 is 27.5 Å². The second-order valence-corrected chi connectivity index (χ2v) is 7.98. The molecule has 2 rings (SSSR count). The van der Waals surface area contributed by atoms with E-state index in [0.29, 0.717) is 32.6 Å². The smallest absolute Gasteiger partial charge is 0.244 e. The maximum atomic E-state index is 12.7. The third kappa shape index (κ3) is 3.62. The van der Waals surface area contributed by atoms with E-state index in [-0.39, 0.29) is 21.7 Å². The summed E-state index contributed by atoms with van der Waals surface area (Å²) in [4.78, 5) is 13.9.